The Balaban J connectivity index is 1.93. The first-order valence-electron chi connectivity index (χ1n) is 6.94. The van der Waals surface area contributed by atoms with Crippen LogP contribution in [-0.4, -0.2) is 11.1 Å². The normalized spacial score (nSPS) is 11.3. The smallest absolute Gasteiger partial charge is 0.410 e. The number of carbonyl (C=O) groups excluding carboxylic acids is 1. The first-order valence-corrected chi connectivity index (χ1v) is 6.94. The molecule has 0 saturated heterocycles. The summed E-state index contributed by atoms with van der Waals surface area (Å²) in [7, 11) is 0. The summed E-state index contributed by atoms with van der Waals surface area (Å²) in [5.41, 5.74) is -1.44. The molecule has 1 amide bonds. The molecule has 0 atom stereocenters. The van der Waals surface area contributed by atoms with Crippen LogP contribution in [0, 0.1) is 0 Å². The molecule has 0 radical (unpaired) electrons. The Morgan fingerprint density at radius 1 is 1.00 bits per heavy atom. The van der Waals surface area contributed by atoms with Gasteiger partial charge < -0.3 is 4.74 Å². The number of anilines is 1. The Kier molecular flexibility index (Phi) is 4.07. The van der Waals surface area contributed by atoms with Gasteiger partial charge in [0.15, 0.2) is 5.69 Å². The van der Waals surface area contributed by atoms with Crippen molar-refractivity contribution in [3.8, 4) is 5.75 Å². The molecule has 0 aliphatic rings. The minimum Gasteiger partial charge on any atom is -0.410 e. The number of para-hydroxylation sites is 2. The van der Waals surface area contributed by atoms with E-state index in [-0.39, 0.29) is 11.3 Å². The second-order valence-electron chi connectivity index (χ2n) is 4.90. The molecule has 0 saturated carbocycles. The molecule has 24 heavy (non-hydrogen) atoms. The fourth-order valence-corrected chi connectivity index (χ4v) is 2.16. The Morgan fingerprint density at radius 2 is 1.67 bits per heavy atom. The molecule has 0 aliphatic heterocycles. The minimum atomic E-state index is -4.71. The second kappa shape index (κ2) is 6.19. The van der Waals surface area contributed by atoms with E-state index in [1.807, 2.05) is 0 Å². The highest BCUT2D eigenvalue weighted by atomic mass is 19.4. The van der Waals surface area contributed by atoms with E-state index in [4.69, 9.17) is 4.74 Å². The molecule has 1 N–H and O–H groups in total. The molecule has 2 aromatic carbocycles. The predicted molar refractivity (Wildman–Crippen MR) is 82.8 cm³/mol. The first kappa shape index (κ1) is 15.8. The van der Waals surface area contributed by atoms with Crippen LogP contribution in [0.1, 0.15) is 5.69 Å². The van der Waals surface area contributed by atoms with Crippen molar-refractivity contribution in [1.82, 2.24) is 4.98 Å². The predicted octanol–water partition coefficient (Wildman–Crippen LogP) is 4.86. The quantitative estimate of drug-likeness (QED) is 0.729. The molecule has 0 fully saturated rings. The van der Waals surface area contributed by atoms with Gasteiger partial charge in [0, 0.05) is 5.39 Å². The average molecular weight is 332 g/mol. The average Bonchev–Trinajstić information content (AvgIpc) is 2.54. The van der Waals surface area contributed by atoms with Gasteiger partial charge in [-0.05, 0) is 24.3 Å². The zero-order valence-electron chi connectivity index (χ0n) is 12.2. The molecular formula is C17H11F3N2O2. The molecule has 1 heterocycles. The number of hydrogen-bond acceptors (Lipinski definition) is 3. The van der Waals surface area contributed by atoms with Gasteiger partial charge in [-0.15, -0.1) is 0 Å². The van der Waals surface area contributed by atoms with E-state index in [2.05, 4.69) is 10.3 Å². The molecule has 0 unspecified atom stereocenters. The summed E-state index contributed by atoms with van der Waals surface area (Å²) < 4.78 is 44.5. The van der Waals surface area contributed by atoms with Crippen molar-refractivity contribution in [3.05, 3.63) is 66.4 Å². The largest absolute Gasteiger partial charge is 0.435 e. The van der Waals surface area contributed by atoms with Crippen LogP contribution >= 0.6 is 0 Å². The van der Waals surface area contributed by atoms with Gasteiger partial charge in [-0.25, -0.2) is 9.78 Å². The monoisotopic (exact) mass is 332 g/mol. The molecule has 7 heteroatoms. The molecule has 0 bridgehead atoms. The summed E-state index contributed by atoms with van der Waals surface area (Å²) in [6.45, 7) is 0. The number of amides is 1. The Bertz CT molecular complexity index is 880. The maximum atomic E-state index is 13.2. The molecule has 4 nitrogen and oxygen atoms in total. The van der Waals surface area contributed by atoms with E-state index in [1.165, 1.54) is 24.3 Å². The van der Waals surface area contributed by atoms with E-state index >= 15 is 0 Å². The van der Waals surface area contributed by atoms with Crippen molar-refractivity contribution in [2.45, 2.75) is 6.18 Å². The van der Waals surface area contributed by atoms with Gasteiger partial charge in [-0.1, -0.05) is 36.4 Å². The summed E-state index contributed by atoms with van der Waals surface area (Å²) in [5, 5.41) is 2.59. The Labute approximate surface area is 134 Å². The van der Waals surface area contributed by atoms with Crippen molar-refractivity contribution in [3.63, 3.8) is 0 Å². The summed E-state index contributed by atoms with van der Waals surface area (Å²) in [6, 6.07) is 15.6. The van der Waals surface area contributed by atoms with Crippen LogP contribution in [0.25, 0.3) is 10.9 Å². The van der Waals surface area contributed by atoms with Gasteiger partial charge in [0.2, 0.25) is 0 Å². The Morgan fingerprint density at radius 3 is 2.38 bits per heavy atom. The molecule has 3 rings (SSSR count). The van der Waals surface area contributed by atoms with Crippen molar-refractivity contribution in [1.29, 1.82) is 0 Å². The lowest BCUT2D eigenvalue weighted by Gasteiger charge is -2.14. The molecule has 0 aliphatic carbocycles. The third-order valence-corrected chi connectivity index (χ3v) is 3.18. The van der Waals surface area contributed by atoms with Gasteiger partial charge in [-0.3, -0.25) is 5.32 Å². The lowest BCUT2D eigenvalue weighted by atomic mass is 10.1. The summed E-state index contributed by atoms with van der Waals surface area (Å²) in [6.07, 6.45) is -5.73. The second-order valence-corrected chi connectivity index (χ2v) is 4.90. The zero-order valence-corrected chi connectivity index (χ0v) is 12.2. The number of benzene rings is 2. The molecule has 1 aromatic heterocycles. The van der Waals surface area contributed by atoms with Gasteiger partial charge in [0.25, 0.3) is 0 Å². The van der Waals surface area contributed by atoms with Crippen LogP contribution in [0.3, 0.4) is 0 Å². The van der Waals surface area contributed by atoms with E-state index in [0.717, 1.165) is 0 Å². The van der Waals surface area contributed by atoms with Crippen molar-refractivity contribution in [2.24, 2.45) is 0 Å². The maximum Gasteiger partial charge on any atom is 0.435 e. The number of alkyl halides is 3. The van der Waals surface area contributed by atoms with Crippen LogP contribution in [0.5, 0.6) is 5.75 Å². The summed E-state index contributed by atoms with van der Waals surface area (Å²) >= 11 is 0. The highest BCUT2D eigenvalue weighted by molar-refractivity contribution is 5.91. The Hall–Kier alpha value is -3.09. The van der Waals surface area contributed by atoms with Crippen molar-refractivity contribution < 1.29 is 22.7 Å². The van der Waals surface area contributed by atoms with Crippen molar-refractivity contribution >= 4 is 22.7 Å². The molecular weight excluding hydrogens is 321 g/mol. The van der Waals surface area contributed by atoms with Crippen LogP contribution in [0.2, 0.25) is 0 Å². The highest BCUT2D eigenvalue weighted by Crippen LogP contribution is 2.35. The highest BCUT2D eigenvalue weighted by Gasteiger charge is 2.36. The molecule has 3 aromatic rings. The SMILES string of the molecule is O=C(Nc1cc2ccccc2nc1C(F)(F)F)Oc1ccccc1. The number of rotatable bonds is 2. The number of carbonyl (C=O) groups is 1. The number of fused-ring (bicyclic) bond motifs is 1. The van der Waals surface area contributed by atoms with E-state index < -0.39 is 23.7 Å². The third kappa shape index (κ3) is 3.45. The van der Waals surface area contributed by atoms with Gasteiger partial charge in [-0.2, -0.15) is 13.2 Å². The van der Waals surface area contributed by atoms with E-state index in [0.29, 0.717) is 5.39 Å². The number of hydrogen-bond donors (Lipinski definition) is 1. The number of aromatic nitrogens is 1. The van der Waals surface area contributed by atoms with Crippen LogP contribution in [0.15, 0.2) is 60.7 Å². The molecule has 0 spiro atoms. The maximum absolute atomic E-state index is 13.2. The van der Waals surface area contributed by atoms with Crippen LogP contribution < -0.4 is 10.1 Å². The van der Waals surface area contributed by atoms with Crippen LogP contribution in [-0.2, 0) is 6.18 Å². The molecule has 122 valence electrons. The third-order valence-electron chi connectivity index (χ3n) is 3.18. The number of nitrogens with one attached hydrogen (secondary N) is 1. The topological polar surface area (TPSA) is 51.2 Å². The van der Waals surface area contributed by atoms with Crippen molar-refractivity contribution in [2.75, 3.05) is 5.32 Å². The summed E-state index contributed by atoms with van der Waals surface area (Å²) in [4.78, 5) is 15.5. The fraction of sp³-hybridized carbons (Fsp3) is 0.0588. The number of halogens is 3. The first-order chi connectivity index (χ1) is 11.4. The lowest BCUT2D eigenvalue weighted by molar-refractivity contribution is -0.140. The number of nitrogens with zero attached hydrogens (tertiary/aromatic N) is 1. The standard InChI is InChI=1S/C17H11F3N2O2/c18-17(19,20)15-14(10-11-6-4-5-9-13(11)21-15)22-16(23)24-12-7-2-1-3-8-12/h1-10H,(H,22,23). The minimum absolute atomic E-state index is 0.187. The van der Waals surface area contributed by atoms with E-state index in [9.17, 15) is 18.0 Å². The number of pyridine rings is 1. The summed E-state index contributed by atoms with van der Waals surface area (Å²) in [5.74, 6) is 0.220. The fourth-order valence-electron chi connectivity index (χ4n) is 2.16. The van der Waals surface area contributed by atoms with Gasteiger partial charge in [0.05, 0.1) is 11.2 Å². The zero-order chi connectivity index (χ0) is 17.2. The number of ether oxygens (including phenoxy) is 1. The van der Waals surface area contributed by atoms with E-state index in [1.54, 1.807) is 36.4 Å². The van der Waals surface area contributed by atoms with Crippen LogP contribution in [0.4, 0.5) is 23.7 Å². The van der Waals surface area contributed by atoms with Gasteiger partial charge >= 0.3 is 12.3 Å². The lowest BCUT2D eigenvalue weighted by Crippen LogP contribution is -2.20. The van der Waals surface area contributed by atoms with Gasteiger partial charge in [0.1, 0.15) is 5.75 Å².